The van der Waals surface area contributed by atoms with E-state index in [2.05, 4.69) is 30.9 Å². The Morgan fingerprint density at radius 1 is 1.24 bits per heavy atom. The molecule has 2 aromatic heterocycles. The van der Waals surface area contributed by atoms with Crippen molar-refractivity contribution < 1.29 is 9.18 Å². The van der Waals surface area contributed by atoms with Gasteiger partial charge >= 0.3 is 0 Å². The average Bonchev–Trinajstić information content (AvgIpc) is 3.35. The van der Waals surface area contributed by atoms with Gasteiger partial charge in [0.2, 0.25) is 5.28 Å². The summed E-state index contributed by atoms with van der Waals surface area (Å²) in [6.07, 6.45) is 2.93. The highest BCUT2D eigenvalue weighted by Crippen LogP contribution is 2.49. The van der Waals surface area contributed by atoms with Crippen LogP contribution < -0.4 is 4.90 Å². The van der Waals surface area contributed by atoms with Crippen LogP contribution in [0, 0.1) is 17.1 Å². The number of aryl methyl sites for hydroxylation is 2. The lowest BCUT2D eigenvalue weighted by atomic mass is 9.80. The summed E-state index contributed by atoms with van der Waals surface area (Å²) < 4.78 is 16.9. The number of carbonyl (C=O) groups excluding carboxylic acids is 1. The number of fused-ring (bicyclic) bond motifs is 4. The highest BCUT2D eigenvalue weighted by Gasteiger charge is 2.48. The Balaban J connectivity index is 1.41. The van der Waals surface area contributed by atoms with E-state index >= 15 is 4.39 Å². The van der Waals surface area contributed by atoms with Crippen LogP contribution in [0.1, 0.15) is 57.0 Å². The maximum atomic E-state index is 15.1. The van der Waals surface area contributed by atoms with Gasteiger partial charge in [0.1, 0.15) is 23.3 Å². The van der Waals surface area contributed by atoms with Crippen LogP contribution in [0.3, 0.4) is 0 Å². The summed E-state index contributed by atoms with van der Waals surface area (Å²) in [5, 5.41) is 14.6. The standard InChI is InChI=1S/C27H28ClFN8O/c1-34(2)25(38)23-17(13-30)21-15-36(10-5-11-37(21)33-23)24-18-14-35(3)27(12-20(18)31-26(28)32-24)9-8-16-6-4-7-19(29)22(16)27/h4,6-7H,5,8-12,14-15H2,1-3H3/t27-/m0/s1. The molecule has 0 unspecified atom stereocenters. The second kappa shape index (κ2) is 9.03. The number of hydrogen-bond acceptors (Lipinski definition) is 7. The topological polar surface area (TPSA) is 94.2 Å². The van der Waals surface area contributed by atoms with E-state index in [1.807, 2.05) is 13.1 Å². The van der Waals surface area contributed by atoms with Crippen molar-refractivity contribution in [1.82, 2.24) is 29.5 Å². The number of nitriles is 1. The number of carbonyl (C=O) groups is 1. The SMILES string of the molecule is CN(C)C(=O)c1nn2c(c1C#N)CN(c1nc(Cl)nc3c1CN(C)[C@@]1(CCc4cccc(F)c41)C3)CCC2. The summed E-state index contributed by atoms with van der Waals surface area (Å²) in [7, 11) is 5.33. The lowest BCUT2D eigenvalue weighted by Crippen LogP contribution is -2.48. The molecule has 3 aromatic rings. The quantitative estimate of drug-likeness (QED) is 0.466. The van der Waals surface area contributed by atoms with Crippen LogP contribution >= 0.6 is 11.6 Å². The molecule has 0 fully saturated rings. The van der Waals surface area contributed by atoms with Crippen LogP contribution in [0.4, 0.5) is 10.2 Å². The van der Waals surface area contributed by atoms with Crippen LogP contribution in [0.2, 0.25) is 5.28 Å². The molecule has 11 heteroatoms. The zero-order valence-corrected chi connectivity index (χ0v) is 22.4. The van der Waals surface area contributed by atoms with Crippen molar-refractivity contribution >= 4 is 23.3 Å². The molecule has 1 atom stereocenters. The first-order chi connectivity index (χ1) is 18.2. The van der Waals surface area contributed by atoms with Crippen molar-refractivity contribution in [3.05, 3.63) is 68.6 Å². The van der Waals surface area contributed by atoms with Crippen LogP contribution in [-0.2, 0) is 38.0 Å². The molecule has 0 saturated carbocycles. The van der Waals surface area contributed by atoms with Crippen LogP contribution in [-0.4, -0.2) is 63.1 Å². The summed E-state index contributed by atoms with van der Waals surface area (Å²) in [5.41, 5.74) is 4.27. The van der Waals surface area contributed by atoms with Crippen molar-refractivity contribution in [2.24, 2.45) is 0 Å². The first-order valence-corrected chi connectivity index (χ1v) is 13.1. The largest absolute Gasteiger partial charge is 0.350 e. The fraction of sp³-hybridized carbons (Fsp3) is 0.444. The van der Waals surface area contributed by atoms with E-state index in [-0.39, 0.29) is 22.7 Å². The number of aromatic nitrogens is 4. The van der Waals surface area contributed by atoms with E-state index in [4.69, 9.17) is 11.6 Å². The number of anilines is 1. The molecule has 9 nitrogen and oxygen atoms in total. The molecule has 1 amide bonds. The molecule has 2 aliphatic heterocycles. The number of amides is 1. The molecule has 0 N–H and O–H groups in total. The Morgan fingerprint density at radius 3 is 2.82 bits per heavy atom. The molecule has 1 aromatic carbocycles. The number of hydrogen-bond donors (Lipinski definition) is 0. The van der Waals surface area contributed by atoms with Gasteiger partial charge < -0.3 is 9.80 Å². The highest BCUT2D eigenvalue weighted by molar-refractivity contribution is 6.28. The van der Waals surface area contributed by atoms with Gasteiger partial charge in [-0.1, -0.05) is 12.1 Å². The monoisotopic (exact) mass is 534 g/mol. The van der Waals surface area contributed by atoms with E-state index in [9.17, 15) is 10.1 Å². The second-order valence-electron chi connectivity index (χ2n) is 10.6. The Hall–Kier alpha value is -3.55. The van der Waals surface area contributed by atoms with Gasteiger partial charge in [-0.3, -0.25) is 14.4 Å². The number of benzene rings is 1. The van der Waals surface area contributed by atoms with E-state index in [1.165, 1.54) is 11.0 Å². The number of rotatable bonds is 2. The molecule has 1 spiro atoms. The predicted octanol–water partition coefficient (Wildman–Crippen LogP) is 3.28. The zero-order valence-electron chi connectivity index (χ0n) is 21.6. The third-order valence-corrected chi connectivity index (χ3v) is 8.39. The Bertz CT molecular complexity index is 1510. The Labute approximate surface area is 225 Å². The smallest absolute Gasteiger partial charge is 0.275 e. The Morgan fingerprint density at radius 2 is 2.05 bits per heavy atom. The van der Waals surface area contributed by atoms with Gasteiger partial charge in [-0.05, 0) is 49.5 Å². The first-order valence-electron chi connectivity index (χ1n) is 12.7. The fourth-order valence-electron chi connectivity index (χ4n) is 6.35. The number of likely N-dealkylation sites (N-methyl/N-ethyl adjacent to an activating group) is 1. The van der Waals surface area contributed by atoms with Gasteiger partial charge in [-0.15, -0.1) is 0 Å². The van der Waals surface area contributed by atoms with Gasteiger partial charge in [0, 0.05) is 51.3 Å². The third kappa shape index (κ3) is 3.68. The second-order valence-corrected chi connectivity index (χ2v) is 10.9. The average molecular weight is 535 g/mol. The zero-order chi connectivity index (χ0) is 26.8. The maximum absolute atomic E-state index is 15.1. The molecular formula is C27H28ClFN8O. The number of halogens is 2. The minimum atomic E-state index is -0.477. The van der Waals surface area contributed by atoms with E-state index in [0.29, 0.717) is 49.7 Å². The fourth-order valence-corrected chi connectivity index (χ4v) is 6.54. The highest BCUT2D eigenvalue weighted by atomic mass is 35.5. The molecule has 196 valence electrons. The molecule has 1 aliphatic carbocycles. The lowest BCUT2D eigenvalue weighted by Gasteiger charge is -2.44. The van der Waals surface area contributed by atoms with Crippen molar-refractivity contribution in [3.8, 4) is 6.07 Å². The lowest BCUT2D eigenvalue weighted by molar-refractivity contribution is 0.0820. The van der Waals surface area contributed by atoms with Crippen LogP contribution in [0.25, 0.3) is 0 Å². The molecular weight excluding hydrogens is 507 g/mol. The maximum Gasteiger partial charge on any atom is 0.275 e. The third-order valence-electron chi connectivity index (χ3n) is 8.22. The van der Waals surface area contributed by atoms with E-state index in [0.717, 1.165) is 41.6 Å². The van der Waals surface area contributed by atoms with Gasteiger partial charge in [0.25, 0.3) is 5.91 Å². The van der Waals surface area contributed by atoms with Crippen molar-refractivity contribution in [2.75, 3.05) is 32.6 Å². The molecule has 3 aliphatic rings. The first kappa shape index (κ1) is 24.8. The summed E-state index contributed by atoms with van der Waals surface area (Å²) in [5.74, 6) is 0.239. The summed E-state index contributed by atoms with van der Waals surface area (Å²) in [6, 6.07) is 7.53. The molecule has 38 heavy (non-hydrogen) atoms. The molecule has 6 rings (SSSR count). The van der Waals surface area contributed by atoms with E-state index in [1.54, 1.807) is 24.8 Å². The summed E-state index contributed by atoms with van der Waals surface area (Å²) >= 11 is 6.49. The normalized spacial score (nSPS) is 20.5. The number of nitrogens with zero attached hydrogens (tertiary/aromatic N) is 8. The van der Waals surface area contributed by atoms with Gasteiger partial charge in [-0.2, -0.15) is 10.4 Å². The van der Waals surface area contributed by atoms with Crippen LogP contribution in [0.5, 0.6) is 0 Å². The predicted molar refractivity (Wildman–Crippen MR) is 139 cm³/mol. The Kier molecular flexibility index (Phi) is 5.89. The minimum absolute atomic E-state index is 0.145. The van der Waals surface area contributed by atoms with Gasteiger partial charge in [0.05, 0.1) is 23.5 Å². The van der Waals surface area contributed by atoms with Gasteiger partial charge in [-0.25, -0.2) is 14.4 Å². The molecule has 4 heterocycles. The molecule has 0 bridgehead atoms. The summed E-state index contributed by atoms with van der Waals surface area (Å²) in [4.78, 5) is 27.7. The minimum Gasteiger partial charge on any atom is -0.350 e. The van der Waals surface area contributed by atoms with Crippen molar-refractivity contribution in [2.45, 2.75) is 50.9 Å². The van der Waals surface area contributed by atoms with Crippen LogP contribution in [0.15, 0.2) is 18.2 Å². The van der Waals surface area contributed by atoms with Crippen molar-refractivity contribution in [3.63, 3.8) is 0 Å². The van der Waals surface area contributed by atoms with Crippen molar-refractivity contribution in [1.29, 1.82) is 5.26 Å². The van der Waals surface area contributed by atoms with E-state index < -0.39 is 5.54 Å². The molecule has 0 saturated heterocycles. The summed E-state index contributed by atoms with van der Waals surface area (Å²) in [6.45, 7) is 2.17. The van der Waals surface area contributed by atoms with Gasteiger partial charge in [0.15, 0.2) is 5.69 Å². The molecule has 0 radical (unpaired) electrons.